The second-order valence-electron chi connectivity index (χ2n) is 7.83. The molecule has 8 heteroatoms. The van der Waals surface area contributed by atoms with Crippen LogP contribution in [0.15, 0.2) is 29.3 Å². The van der Waals surface area contributed by atoms with E-state index < -0.39 is 0 Å². The fraction of sp³-hybridized carbons (Fsp3) is 0.565. The summed E-state index contributed by atoms with van der Waals surface area (Å²) in [5.74, 6) is 0.839. The Morgan fingerprint density at radius 2 is 1.74 bits per heavy atom. The van der Waals surface area contributed by atoms with Gasteiger partial charge in [-0.3, -0.25) is 9.89 Å². The number of guanidine groups is 1. The smallest absolute Gasteiger partial charge is 0.191 e. The zero-order chi connectivity index (χ0) is 21.3. The SMILES string of the molecule is CCN1CCN(Cc2ccccc2CNC(=NC)NCCc2nc(C)c(C)s2)CC1.I. The summed E-state index contributed by atoms with van der Waals surface area (Å²) in [5, 5.41) is 8.08. The van der Waals surface area contributed by atoms with E-state index in [2.05, 4.69) is 75.4 Å². The lowest BCUT2D eigenvalue weighted by Crippen LogP contribution is -2.45. The fourth-order valence-electron chi connectivity index (χ4n) is 3.72. The molecule has 0 spiro atoms. The first-order valence-electron chi connectivity index (χ1n) is 11.0. The van der Waals surface area contributed by atoms with Gasteiger partial charge in [0.15, 0.2) is 5.96 Å². The van der Waals surface area contributed by atoms with Crippen molar-refractivity contribution in [2.75, 3.05) is 46.3 Å². The van der Waals surface area contributed by atoms with E-state index in [0.717, 1.165) is 57.3 Å². The number of aromatic nitrogens is 1. The third-order valence-electron chi connectivity index (χ3n) is 5.80. The summed E-state index contributed by atoms with van der Waals surface area (Å²) in [6.45, 7) is 14.9. The van der Waals surface area contributed by atoms with Gasteiger partial charge >= 0.3 is 0 Å². The number of halogens is 1. The van der Waals surface area contributed by atoms with Gasteiger partial charge in [-0.05, 0) is 31.5 Å². The number of thiazole rings is 1. The Morgan fingerprint density at radius 1 is 1.06 bits per heavy atom. The number of hydrogen-bond acceptors (Lipinski definition) is 5. The van der Waals surface area contributed by atoms with Gasteiger partial charge < -0.3 is 15.5 Å². The topological polar surface area (TPSA) is 55.8 Å². The number of benzene rings is 1. The Balaban J connectivity index is 0.00000341. The fourth-order valence-corrected chi connectivity index (χ4v) is 4.66. The Hall–Kier alpha value is -1.23. The normalized spacial score (nSPS) is 15.5. The minimum Gasteiger partial charge on any atom is -0.356 e. The van der Waals surface area contributed by atoms with Crippen molar-refractivity contribution in [3.8, 4) is 0 Å². The zero-order valence-corrected chi connectivity index (χ0v) is 22.4. The van der Waals surface area contributed by atoms with Crippen LogP contribution in [-0.4, -0.2) is 67.1 Å². The second kappa shape index (κ2) is 13.3. The molecular formula is C23H37IN6S. The Morgan fingerprint density at radius 3 is 2.35 bits per heavy atom. The molecule has 0 amide bonds. The molecule has 3 rings (SSSR count). The van der Waals surface area contributed by atoms with E-state index in [0.29, 0.717) is 0 Å². The summed E-state index contributed by atoms with van der Waals surface area (Å²) >= 11 is 1.78. The molecule has 0 aliphatic carbocycles. The number of nitrogens with zero attached hydrogens (tertiary/aromatic N) is 4. The first-order valence-corrected chi connectivity index (χ1v) is 11.8. The Labute approximate surface area is 208 Å². The molecule has 0 saturated carbocycles. The van der Waals surface area contributed by atoms with Crippen molar-refractivity contribution in [3.63, 3.8) is 0 Å². The van der Waals surface area contributed by atoms with Gasteiger partial charge in [-0.25, -0.2) is 4.98 Å². The summed E-state index contributed by atoms with van der Waals surface area (Å²) in [5.41, 5.74) is 3.88. The number of rotatable bonds is 8. The van der Waals surface area contributed by atoms with Crippen LogP contribution in [-0.2, 0) is 19.5 Å². The minimum absolute atomic E-state index is 0. The van der Waals surface area contributed by atoms with Gasteiger partial charge in [0.2, 0.25) is 0 Å². The average Bonchev–Trinajstić information content (AvgIpc) is 3.09. The molecule has 2 heterocycles. The van der Waals surface area contributed by atoms with Crippen LogP contribution < -0.4 is 10.6 Å². The van der Waals surface area contributed by atoms with Crippen molar-refractivity contribution in [2.24, 2.45) is 4.99 Å². The van der Waals surface area contributed by atoms with Crippen LogP contribution in [0.1, 0.15) is 33.6 Å². The highest BCUT2D eigenvalue weighted by Gasteiger charge is 2.16. The third kappa shape index (κ3) is 8.00. The summed E-state index contributed by atoms with van der Waals surface area (Å²) in [4.78, 5) is 15.4. The molecule has 1 saturated heterocycles. The molecule has 0 bridgehead atoms. The van der Waals surface area contributed by atoms with Crippen LogP contribution in [0.2, 0.25) is 0 Å². The molecule has 1 aromatic heterocycles. The second-order valence-corrected chi connectivity index (χ2v) is 9.12. The summed E-state index contributed by atoms with van der Waals surface area (Å²) < 4.78 is 0. The lowest BCUT2D eigenvalue weighted by Gasteiger charge is -2.34. The van der Waals surface area contributed by atoms with Crippen LogP contribution in [0.3, 0.4) is 0 Å². The lowest BCUT2D eigenvalue weighted by atomic mass is 10.1. The van der Waals surface area contributed by atoms with Crippen LogP contribution >= 0.6 is 35.3 Å². The number of aryl methyl sites for hydroxylation is 2. The molecule has 1 fully saturated rings. The first kappa shape index (κ1) is 26.0. The number of nitrogens with one attached hydrogen (secondary N) is 2. The number of likely N-dealkylation sites (N-methyl/N-ethyl adjacent to an activating group) is 1. The van der Waals surface area contributed by atoms with Gasteiger partial charge in [0.25, 0.3) is 0 Å². The molecule has 6 nitrogen and oxygen atoms in total. The average molecular weight is 557 g/mol. The van der Waals surface area contributed by atoms with Gasteiger partial charge in [-0.15, -0.1) is 35.3 Å². The highest BCUT2D eigenvalue weighted by Crippen LogP contribution is 2.16. The van der Waals surface area contributed by atoms with Gasteiger partial charge in [-0.1, -0.05) is 31.2 Å². The number of hydrogen-bond donors (Lipinski definition) is 2. The minimum atomic E-state index is 0. The molecule has 2 aromatic rings. The molecule has 0 unspecified atom stereocenters. The van der Waals surface area contributed by atoms with E-state index in [1.807, 2.05) is 7.05 Å². The van der Waals surface area contributed by atoms with Gasteiger partial charge in [0.05, 0.1) is 10.7 Å². The Kier molecular flexibility index (Phi) is 11.2. The van der Waals surface area contributed by atoms with Crippen molar-refractivity contribution < 1.29 is 0 Å². The van der Waals surface area contributed by atoms with E-state index in [1.54, 1.807) is 11.3 Å². The van der Waals surface area contributed by atoms with E-state index >= 15 is 0 Å². The summed E-state index contributed by atoms with van der Waals surface area (Å²) in [6, 6.07) is 8.75. The highest BCUT2D eigenvalue weighted by atomic mass is 127. The molecule has 31 heavy (non-hydrogen) atoms. The summed E-state index contributed by atoms with van der Waals surface area (Å²) in [7, 11) is 1.83. The van der Waals surface area contributed by atoms with E-state index in [9.17, 15) is 0 Å². The van der Waals surface area contributed by atoms with Crippen molar-refractivity contribution in [2.45, 2.75) is 40.3 Å². The van der Waals surface area contributed by atoms with E-state index in [-0.39, 0.29) is 24.0 Å². The quantitative estimate of drug-likeness (QED) is 0.297. The predicted molar refractivity (Wildman–Crippen MR) is 143 cm³/mol. The van der Waals surface area contributed by atoms with Crippen molar-refractivity contribution in [1.82, 2.24) is 25.4 Å². The number of aliphatic imine (C=N–C) groups is 1. The molecule has 0 radical (unpaired) electrons. The van der Waals surface area contributed by atoms with Crippen LogP contribution in [0, 0.1) is 13.8 Å². The third-order valence-corrected chi connectivity index (χ3v) is 6.93. The summed E-state index contributed by atoms with van der Waals surface area (Å²) in [6.07, 6.45) is 0.917. The molecule has 1 aliphatic heterocycles. The molecular weight excluding hydrogens is 519 g/mol. The standard InChI is InChI=1S/C23H36N6S.HI/c1-5-28-12-14-29(15-13-28)17-21-9-7-6-8-20(21)16-26-23(24-4)25-11-10-22-27-18(2)19(3)30-22;/h6-9H,5,10-17H2,1-4H3,(H2,24,25,26);1H. The highest BCUT2D eigenvalue weighted by molar-refractivity contribution is 14.0. The monoisotopic (exact) mass is 556 g/mol. The van der Waals surface area contributed by atoms with Crippen molar-refractivity contribution in [3.05, 3.63) is 51.0 Å². The van der Waals surface area contributed by atoms with Crippen molar-refractivity contribution in [1.29, 1.82) is 0 Å². The molecule has 0 atom stereocenters. The predicted octanol–water partition coefficient (Wildman–Crippen LogP) is 3.42. The Bertz CT molecular complexity index is 810. The first-order chi connectivity index (χ1) is 14.6. The molecule has 172 valence electrons. The maximum atomic E-state index is 4.61. The van der Waals surface area contributed by atoms with E-state index in [4.69, 9.17) is 0 Å². The molecule has 1 aliphatic rings. The van der Waals surface area contributed by atoms with Gasteiger partial charge in [-0.2, -0.15) is 0 Å². The van der Waals surface area contributed by atoms with Crippen LogP contribution in [0.25, 0.3) is 0 Å². The van der Waals surface area contributed by atoms with Crippen LogP contribution in [0.5, 0.6) is 0 Å². The van der Waals surface area contributed by atoms with Crippen molar-refractivity contribution >= 4 is 41.3 Å². The molecule has 2 N–H and O–H groups in total. The van der Waals surface area contributed by atoms with E-state index in [1.165, 1.54) is 34.1 Å². The zero-order valence-electron chi connectivity index (χ0n) is 19.3. The number of piperazine rings is 1. The largest absolute Gasteiger partial charge is 0.356 e. The van der Waals surface area contributed by atoms with Gasteiger partial charge in [0, 0.05) is 64.2 Å². The van der Waals surface area contributed by atoms with Crippen LogP contribution in [0.4, 0.5) is 0 Å². The maximum absolute atomic E-state index is 4.61. The van der Waals surface area contributed by atoms with Gasteiger partial charge in [0.1, 0.15) is 0 Å². The lowest BCUT2D eigenvalue weighted by molar-refractivity contribution is 0.131. The maximum Gasteiger partial charge on any atom is 0.191 e. The molecule has 1 aromatic carbocycles.